The van der Waals surface area contributed by atoms with Crippen LogP contribution in [-0.2, 0) is 10.0 Å². The van der Waals surface area contributed by atoms with Crippen LogP contribution in [0.3, 0.4) is 0 Å². The van der Waals surface area contributed by atoms with Gasteiger partial charge in [-0.2, -0.15) is 0 Å². The van der Waals surface area contributed by atoms with Crippen molar-refractivity contribution in [3.63, 3.8) is 0 Å². The predicted octanol–water partition coefficient (Wildman–Crippen LogP) is 3.70. The zero-order chi connectivity index (χ0) is 15.2. The number of thiazole rings is 1. The number of aryl methyl sites for hydroxylation is 1. The van der Waals surface area contributed by atoms with E-state index in [1.54, 1.807) is 31.2 Å². The van der Waals surface area contributed by atoms with Crippen LogP contribution in [0.1, 0.15) is 5.56 Å². The van der Waals surface area contributed by atoms with Gasteiger partial charge in [0.2, 0.25) is 0 Å². The maximum Gasteiger partial charge on any atom is 0.273 e. The fraction of sp³-hybridized carbons (Fsp3) is 0.0833. The molecule has 9 heteroatoms. The van der Waals surface area contributed by atoms with Crippen molar-refractivity contribution in [2.75, 3.05) is 10.5 Å². The van der Waals surface area contributed by atoms with Crippen molar-refractivity contribution in [2.24, 2.45) is 0 Å². The quantitative estimate of drug-likeness (QED) is 0.698. The summed E-state index contributed by atoms with van der Waals surface area (Å²) in [6.07, 6.45) is 0. The average molecular weight is 360 g/mol. The van der Waals surface area contributed by atoms with E-state index in [0.717, 1.165) is 21.6 Å². The van der Waals surface area contributed by atoms with Crippen molar-refractivity contribution >= 4 is 65.3 Å². The first-order valence-electron chi connectivity index (χ1n) is 5.80. The molecule has 0 fully saturated rings. The minimum Gasteiger partial charge on any atom is -0.399 e. The smallest absolute Gasteiger partial charge is 0.273 e. The highest BCUT2D eigenvalue weighted by atomic mass is 35.5. The molecule has 2 heterocycles. The number of thiophene rings is 1. The van der Waals surface area contributed by atoms with Gasteiger partial charge in [-0.3, -0.25) is 4.72 Å². The van der Waals surface area contributed by atoms with E-state index >= 15 is 0 Å². The molecule has 21 heavy (non-hydrogen) atoms. The van der Waals surface area contributed by atoms with Crippen LogP contribution in [0, 0.1) is 6.92 Å². The first kappa shape index (κ1) is 14.6. The van der Waals surface area contributed by atoms with Crippen molar-refractivity contribution in [2.45, 2.75) is 11.1 Å². The predicted molar refractivity (Wildman–Crippen MR) is 88.9 cm³/mol. The molecule has 0 bridgehead atoms. The Kier molecular flexibility index (Phi) is 3.56. The maximum absolute atomic E-state index is 12.3. The van der Waals surface area contributed by atoms with Crippen LogP contribution in [-0.4, -0.2) is 13.4 Å². The number of aromatic nitrogens is 1. The van der Waals surface area contributed by atoms with E-state index in [1.807, 2.05) is 0 Å². The van der Waals surface area contributed by atoms with Gasteiger partial charge in [0.05, 0.1) is 14.6 Å². The second-order valence-electron chi connectivity index (χ2n) is 4.37. The summed E-state index contributed by atoms with van der Waals surface area (Å²) < 4.78 is 28.5. The van der Waals surface area contributed by atoms with Gasteiger partial charge >= 0.3 is 0 Å². The number of sulfonamides is 1. The summed E-state index contributed by atoms with van der Waals surface area (Å²) in [6.45, 7) is 1.76. The minimum atomic E-state index is -3.67. The minimum absolute atomic E-state index is 0.170. The molecule has 3 N–H and O–H groups in total. The number of fused-ring (bicyclic) bond motifs is 1. The molecule has 0 aliphatic rings. The van der Waals surface area contributed by atoms with Crippen molar-refractivity contribution < 1.29 is 8.42 Å². The van der Waals surface area contributed by atoms with E-state index in [-0.39, 0.29) is 4.21 Å². The summed E-state index contributed by atoms with van der Waals surface area (Å²) in [5.41, 5.74) is 7.75. The molecule has 3 aromatic rings. The Balaban J connectivity index is 1.97. The van der Waals surface area contributed by atoms with Gasteiger partial charge in [0.15, 0.2) is 5.13 Å². The topological polar surface area (TPSA) is 85.1 Å². The van der Waals surface area contributed by atoms with Crippen LogP contribution in [0.4, 0.5) is 10.8 Å². The lowest BCUT2D eigenvalue weighted by molar-refractivity contribution is 0.603. The first-order valence-corrected chi connectivity index (χ1v) is 9.29. The van der Waals surface area contributed by atoms with Gasteiger partial charge < -0.3 is 5.73 Å². The van der Waals surface area contributed by atoms with Crippen molar-refractivity contribution in [1.29, 1.82) is 0 Å². The molecule has 0 atom stereocenters. The lowest BCUT2D eigenvalue weighted by Gasteiger charge is -2.01. The van der Waals surface area contributed by atoms with Gasteiger partial charge in [-0.05, 0) is 36.8 Å². The molecule has 5 nitrogen and oxygen atoms in total. The number of anilines is 2. The summed E-state index contributed by atoms with van der Waals surface area (Å²) >= 11 is 8.18. The number of halogens is 1. The Morgan fingerprint density at radius 2 is 2.05 bits per heavy atom. The van der Waals surface area contributed by atoms with Crippen LogP contribution in [0.5, 0.6) is 0 Å². The molecule has 0 radical (unpaired) electrons. The van der Waals surface area contributed by atoms with Gasteiger partial charge in [0.1, 0.15) is 4.21 Å². The summed E-state index contributed by atoms with van der Waals surface area (Å²) in [4.78, 5) is 4.24. The molecule has 3 rings (SSSR count). The van der Waals surface area contributed by atoms with Crippen LogP contribution in [0.25, 0.3) is 10.2 Å². The molecular weight excluding hydrogens is 350 g/mol. The fourth-order valence-electron chi connectivity index (χ4n) is 1.71. The Morgan fingerprint density at radius 3 is 2.71 bits per heavy atom. The molecular formula is C12H10ClN3O2S3. The zero-order valence-electron chi connectivity index (χ0n) is 10.8. The largest absolute Gasteiger partial charge is 0.399 e. The third-order valence-corrected chi connectivity index (χ3v) is 7.16. The monoisotopic (exact) mass is 359 g/mol. The molecule has 0 saturated heterocycles. The zero-order valence-corrected chi connectivity index (χ0v) is 14.0. The first-order chi connectivity index (χ1) is 9.85. The van der Waals surface area contributed by atoms with Crippen molar-refractivity contribution in [3.05, 3.63) is 34.2 Å². The molecule has 0 aliphatic carbocycles. The molecule has 0 amide bonds. The number of rotatable bonds is 3. The highest BCUT2D eigenvalue weighted by Crippen LogP contribution is 2.33. The second-order valence-corrected chi connectivity index (χ2v) is 8.97. The molecule has 110 valence electrons. The third kappa shape index (κ3) is 2.84. The summed E-state index contributed by atoms with van der Waals surface area (Å²) in [7, 11) is -3.67. The van der Waals surface area contributed by atoms with Crippen molar-refractivity contribution in [1.82, 2.24) is 4.98 Å². The lowest BCUT2D eigenvalue weighted by Crippen LogP contribution is -2.11. The van der Waals surface area contributed by atoms with Crippen LogP contribution in [0.2, 0.25) is 4.34 Å². The van der Waals surface area contributed by atoms with E-state index < -0.39 is 10.0 Å². The van der Waals surface area contributed by atoms with Gasteiger partial charge in [-0.25, -0.2) is 13.4 Å². The molecule has 0 aliphatic heterocycles. The number of nitrogens with zero attached hydrogens (tertiary/aromatic N) is 1. The van der Waals surface area contributed by atoms with E-state index in [1.165, 1.54) is 11.3 Å². The second kappa shape index (κ2) is 5.13. The van der Waals surface area contributed by atoms with Gasteiger partial charge in [-0.1, -0.05) is 22.9 Å². The summed E-state index contributed by atoms with van der Waals surface area (Å²) in [5, 5.41) is 0.303. The normalized spacial score (nSPS) is 11.9. The summed E-state index contributed by atoms with van der Waals surface area (Å²) in [5.74, 6) is 0. The number of benzene rings is 1. The van der Waals surface area contributed by atoms with Crippen LogP contribution in [0.15, 0.2) is 28.5 Å². The Bertz CT molecular complexity index is 911. The Hall–Kier alpha value is -1.35. The van der Waals surface area contributed by atoms with Crippen LogP contribution >= 0.6 is 34.3 Å². The van der Waals surface area contributed by atoms with Crippen molar-refractivity contribution in [3.8, 4) is 0 Å². The Morgan fingerprint density at radius 1 is 1.29 bits per heavy atom. The molecule has 1 aromatic carbocycles. The summed E-state index contributed by atoms with van der Waals surface area (Å²) in [6, 6.07) is 6.78. The maximum atomic E-state index is 12.3. The fourth-order valence-corrected chi connectivity index (χ4v) is 5.57. The number of nitrogens with one attached hydrogen (secondary N) is 1. The third-order valence-electron chi connectivity index (χ3n) is 2.73. The highest BCUT2D eigenvalue weighted by molar-refractivity contribution is 7.95. The van der Waals surface area contributed by atoms with E-state index in [2.05, 4.69) is 9.71 Å². The number of hydrogen-bond acceptors (Lipinski definition) is 6. The van der Waals surface area contributed by atoms with Gasteiger partial charge in [0, 0.05) is 5.69 Å². The van der Waals surface area contributed by atoms with Gasteiger partial charge in [-0.15, -0.1) is 11.3 Å². The molecule has 0 unspecified atom stereocenters. The number of nitrogens with two attached hydrogens (primary N) is 1. The number of hydrogen-bond donors (Lipinski definition) is 2. The molecule has 2 aromatic heterocycles. The van der Waals surface area contributed by atoms with Crippen LogP contribution < -0.4 is 10.5 Å². The van der Waals surface area contributed by atoms with E-state index in [9.17, 15) is 8.42 Å². The SMILES string of the molecule is Cc1cc(S(=O)(=O)Nc2nc3ccc(N)cc3s2)sc1Cl. The number of nitrogen functional groups attached to an aromatic ring is 1. The van der Waals surface area contributed by atoms with E-state index in [0.29, 0.717) is 20.7 Å². The lowest BCUT2D eigenvalue weighted by atomic mass is 10.3. The average Bonchev–Trinajstić information content (AvgIpc) is 2.92. The molecule has 0 saturated carbocycles. The highest BCUT2D eigenvalue weighted by Gasteiger charge is 2.20. The van der Waals surface area contributed by atoms with E-state index in [4.69, 9.17) is 17.3 Å². The van der Waals surface area contributed by atoms with Gasteiger partial charge in [0.25, 0.3) is 10.0 Å². The Labute approximate surface area is 134 Å². The molecule has 0 spiro atoms. The standard InChI is InChI=1S/C12H10ClN3O2S3/c1-6-4-10(20-11(6)13)21(17,18)16-12-15-8-3-2-7(14)5-9(8)19-12/h2-5H,14H2,1H3,(H,15,16).